The Morgan fingerprint density at radius 3 is 2.66 bits per heavy atom. The van der Waals surface area contributed by atoms with E-state index in [2.05, 4.69) is 5.32 Å². The molecule has 9 nitrogen and oxygen atoms in total. The van der Waals surface area contributed by atoms with Crippen molar-refractivity contribution < 1.29 is 23.8 Å². The molecule has 1 N–H and O–H groups in total. The van der Waals surface area contributed by atoms with Gasteiger partial charge in [-0.05, 0) is 36.2 Å². The van der Waals surface area contributed by atoms with E-state index in [9.17, 15) is 9.59 Å². The van der Waals surface area contributed by atoms with Gasteiger partial charge in [-0.2, -0.15) is 5.10 Å². The monoisotopic (exact) mass is 570 g/mol. The predicted molar refractivity (Wildman–Crippen MR) is 158 cm³/mol. The molecule has 0 radical (unpaired) electrons. The van der Waals surface area contributed by atoms with Crippen LogP contribution in [0.2, 0.25) is 0 Å². The number of para-hydroxylation sites is 1. The molecule has 3 heterocycles. The molecule has 210 valence electrons. The van der Waals surface area contributed by atoms with Crippen molar-refractivity contribution in [3.8, 4) is 28.4 Å². The summed E-state index contributed by atoms with van der Waals surface area (Å²) in [6, 6.07) is 23.7. The van der Waals surface area contributed by atoms with Crippen LogP contribution in [-0.4, -0.2) is 60.9 Å². The van der Waals surface area contributed by atoms with Gasteiger partial charge in [-0.3, -0.25) is 14.5 Å². The lowest BCUT2D eigenvalue weighted by Gasteiger charge is -2.23. The van der Waals surface area contributed by atoms with Gasteiger partial charge >= 0.3 is 0 Å². The number of carbonyl (C=O) groups excluding carboxylic acids is 2. The summed E-state index contributed by atoms with van der Waals surface area (Å²) in [6.07, 6.45) is 0. The minimum absolute atomic E-state index is 0.143. The fourth-order valence-electron chi connectivity index (χ4n) is 5.13. The van der Waals surface area contributed by atoms with Crippen LogP contribution in [0, 0.1) is 6.92 Å². The third-order valence-electron chi connectivity index (χ3n) is 7.11. The van der Waals surface area contributed by atoms with Gasteiger partial charge in [-0.15, -0.1) is 11.8 Å². The molecule has 0 saturated carbocycles. The van der Waals surface area contributed by atoms with Gasteiger partial charge in [0.05, 0.1) is 29.0 Å². The van der Waals surface area contributed by atoms with Crippen molar-refractivity contribution in [2.45, 2.75) is 12.2 Å². The van der Waals surface area contributed by atoms with Gasteiger partial charge in [0.15, 0.2) is 11.5 Å². The number of hydrogen-bond donors (Lipinski definition) is 1. The normalized spacial score (nSPS) is 15.9. The number of aromatic nitrogens is 2. The molecule has 3 aromatic carbocycles. The van der Waals surface area contributed by atoms with Crippen molar-refractivity contribution in [3.05, 3.63) is 89.5 Å². The second-order valence-corrected chi connectivity index (χ2v) is 10.9. The lowest BCUT2D eigenvalue weighted by molar-refractivity contribution is -0.123. The minimum atomic E-state index is -0.272. The molecule has 2 aliphatic heterocycles. The zero-order valence-corrected chi connectivity index (χ0v) is 23.6. The van der Waals surface area contributed by atoms with Crippen LogP contribution in [0.15, 0.2) is 72.8 Å². The molecule has 0 spiro atoms. The number of anilines is 1. The van der Waals surface area contributed by atoms with E-state index < -0.39 is 0 Å². The summed E-state index contributed by atoms with van der Waals surface area (Å²) >= 11 is 1.51. The third kappa shape index (κ3) is 5.28. The Morgan fingerprint density at radius 2 is 1.85 bits per heavy atom. The molecular weight excluding hydrogens is 540 g/mol. The number of methoxy groups -OCH3 is 1. The number of ether oxygens (including phenoxy) is 3. The summed E-state index contributed by atoms with van der Waals surface area (Å²) in [7, 11) is 1.58. The molecule has 2 aliphatic rings. The Bertz CT molecular complexity index is 1590. The number of carbonyl (C=O) groups is 2. The maximum atomic E-state index is 13.8. The first kappa shape index (κ1) is 26.9. The van der Waals surface area contributed by atoms with Crippen LogP contribution in [0.3, 0.4) is 0 Å². The van der Waals surface area contributed by atoms with Crippen molar-refractivity contribution in [1.82, 2.24) is 15.1 Å². The summed E-state index contributed by atoms with van der Waals surface area (Å²) < 4.78 is 18.2. The summed E-state index contributed by atoms with van der Waals surface area (Å²) in [5.74, 6) is 1.68. The minimum Gasteiger partial charge on any atom is -0.454 e. The van der Waals surface area contributed by atoms with Crippen molar-refractivity contribution in [2.24, 2.45) is 0 Å². The average Bonchev–Trinajstić information content (AvgIpc) is 3.59. The highest BCUT2D eigenvalue weighted by Crippen LogP contribution is 2.50. The summed E-state index contributed by atoms with van der Waals surface area (Å²) in [6.45, 7) is 2.77. The van der Waals surface area contributed by atoms with Crippen LogP contribution in [-0.2, 0) is 14.3 Å². The predicted octanol–water partition coefficient (Wildman–Crippen LogP) is 4.51. The van der Waals surface area contributed by atoms with Gasteiger partial charge in [0.25, 0.3) is 0 Å². The van der Waals surface area contributed by atoms with Crippen LogP contribution in [0.5, 0.6) is 11.5 Å². The number of benzene rings is 3. The van der Waals surface area contributed by atoms with Crippen LogP contribution in [0.25, 0.3) is 16.9 Å². The zero-order chi connectivity index (χ0) is 28.3. The van der Waals surface area contributed by atoms with E-state index >= 15 is 0 Å². The molecule has 2 amide bonds. The van der Waals surface area contributed by atoms with Crippen molar-refractivity contribution in [1.29, 1.82) is 0 Å². The van der Waals surface area contributed by atoms with Crippen LogP contribution < -0.4 is 19.7 Å². The summed E-state index contributed by atoms with van der Waals surface area (Å²) in [4.78, 5) is 28.5. The number of fused-ring (bicyclic) bond motifs is 2. The molecule has 1 atom stereocenters. The number of hydrogen-bond acceptors (Lipinski definition) is 7. The number of aryl methyl sites for hydroxylation is 1. The second kappa shape index (κ2) is 11.7. The first-order valence-electron chi connectivity index (χ1n) is 13.4. The highest BCUT2D eigenvalue weighted by molar-refractivity contribution is 8.00. The Balaban J connectivity index is 1.58. The summed E-state index contributed by atoms with van der Waals surface area (Å²) in [5, 5.41) is 7.74. The number of nitrogens with one attached hydrogen (secondary N) is 1. The van der Waals surface area contributed by atoms with Crippen LogP contribution in [0.1, 0.15) is 21.9 Å². The number of rotatable bonds is 8. The van der Waals surface area contributed by atoms with Gasteiger partial charge in [0, 0.05) is 24.8 Å². The maximum absolute atomic E-state index is 13.8. The smallest absolute Gasteiger partial charge is 0.240 e. The second-order valence-electron chi connectivity index (χ2n) is 9.78. The highest BCUT2D eigenvalue weighted by atomic mass is 32.2. The molecule has 4 aromatic rings. The van der Waals surface area contributed by atoms with Gasteiger partial charge in [-0.1, -0.05) is 54.6 Å². The van der Waals surface area contributed by atoms with Crippen LogP contribution in [0.4, 0.5) is 5.82 Å². The van der Waals surface area contributed by atoms with E-state index in [0.29, 0.717) is 30.5 Å². The zero-order valence-electron chi connectivity index (χ0n) is 22.8. The van der Waals surface area contributed by atoms with Gasteiger partial charge < -0.3 is 19.5 Å². The first-order chi connectivity index (χ1) is 20.0. The van der Waals surface area contributed by atoms with E-state index in [4.69, 9.17) is 19.3 Å². The van der Waals surface area contributed by atoms with Gasteiger partial charge in [0.2, 0.25) is 18.6 Å². The SMILES string of the molecule is COCCNC(=O)CN1C(=O)CSC(c2ccc3c(c2)OCO3)c2c(-c3ccccc3)nn(-c3ccccc3C)c21. The number of thioether (sulfide) groups is 1. The quantitative estimate of drug-likeness (QED) is 0.312. The molecule has 0 fully saturated rings. The Kier molecular flexibility index (Phi) is 7.67. The molecule has 6 rings (SSSR count). The molecule has 10 heteroatoms. The topological polar surface area (TPSA) is 94.9 Å². The van der Waals surface area contributed by atoms with E-state index in [0.717, 1.165) is 33.6 Å². The molecule has 0 saturated heterocycles. The lowest BCUT2D eigenvalue weighted by atomic mass is 9.99. The number of nitrogens with zero attached hydrogens (tertiary/aromatic N) is 3. The van der Waals surface area contributed by atoms with E-state index in [1.54, 1.807) is 12.0 Å². The highest BCUT2D eigenvalue weighted by Gasteiger charge is 2.38. The fourth-order valence-corrected chi connectivity index (χ4v) is 6.32. The standard InChI is InChI=1S/C31H30N4O5S/c1-20-8-6-7-11-23(20)35-31-28(29(33-35)21-9-4-3-5-10-21)30(22-12-13-24-25(16-22)40-19-39-24)41-18-27(37)34(31)17-26(36)32-14-15-38-2/h3-13,16,30H,14-15,17-19H2,1-2H3,(H,32,36). The Hall–Kier alpha value is -4.28. The largest absolute Gasteiger partial charge is 0.454 e. The molecule has 1 aromatic heterocycles. The number of amides is 2. The molecule has 0 aliphatic carbocycles. The Morgan fingerprint density at radius 1 is 1.07 bits per heavy atom. The van der Waals surface area contributed by atoms with E-state index in [-0.39, 0.29) is 36.2 Å². The van der Waals surface area contributed by atoms with Gasteiger partial charge in [-0.25, -0.2) is 4.68 Å². The van der Waals surface area contributed by atoms with Crippen molar-refractivity contribution in [3.63, 3.8) is 0 Å². The molecular formula is C31H30N4O5S. The third-order valence-corrected chi connectivity index (χ3v) is 8.36. The molecule has 41 heavy (non-hydrogen) atoms. The Labute approximate surface area is 242 Å². The average molecular weight is 571 g/mol. The van der Waals surface area contributed by atoms with E-state index in [1.807, 2.05) is 84.4 Å². The summed E-state index contributed by atoms with van der Waals surface area (Å²) in [5.41, 5.74) is 5.31. The van der Waals surface area contributed by atoms with Gasteiger partial charge in [0.1, 0.15) is 12.4 Å². The van der Waals surface area contributed by atoms with Crippen molar-refractivity contribution >= 4 is 29.4 Å². The van der Waals surface area contributed by atoms with Crippen LogP contribution >= 0.6 is 11.8 Å². The lowest BCUT2D eigenvalue weighted by Crippen LogP contribution is -2.43. The van der Waals surface area contributed by atoms with E-state index in [1.165, 1.54) is 11.8 Å². The van der Waals surface area contributed by atoms with Crippen molar-refractivity contribution in [2.75, 3.05) is 44.3 Å². The molecule has 1 unspecified atom stereocenters. The maximum Gasteiger partial charge on any atom is 0.240 e. The first-order valence-corrected chi connectivity index (χ1v) is 14.4. The molecule has 0 bridgehead atoms. The fraction of sp³-hybridized carbons (Fsp3) is 0.258.